The summed E-state index contributed by atoms with van der Waals surface area (Å²) in [5, 5.41) is 10.1. The summed E-state index contributed by atoms with van der Waals surface area (Å²) in [6.45, 7) is 9.36. The van der Waals surface area contributed by atoms with Crippen LogP contribution in [-0.2, 0) is 4.74 Å². The van der Waals surface area contributed by atoms with Crippen LogP contribution >= 0.6 is 0 Å². The third-order valence-corrected chi connectivity index (χ3v) is 3.19. The van der Waals surface area contributed by atoms with Gasteiger partial charge in [-0.2, -0.15) is 0 Å². The Kier molecular flexibility index (Phi) is 6.89. The molecule has 0 bridgehead atoms. The number of aliphatic hydroxyl groups is 1. The SMILES string of the molecule is CCCOc1ccc(C(O)COC(C)C(C)C)cc1. The van der Waals surface area contributed by atoms with E-state index in [2.05, 4.69) is 20.8 Å². The molecule has 0 fully saturated rings. The highest BCUT2D eigenvalue weighted by Crippen LogP contribution is 2.19. The molecule has 0 aliphatic carbocycles. The van der Waals surface area contributed by atoms with Crippen LogP contribution < -0.4 is 4.74 Å². The minimum atomic E-state index is -0.582. The second-order valence-corrected chi connectivity index (χ2v) is 5.22. The summed E-state index contributed by atoms with van der Waals surface area (Å²) in [6.07, 6.45) is 0.564. The maximum absolute atomic E-state index is 10.1. The van der Waals surface area contributed by atoms with Gasteiger partial charge in [0.2, 0.25) is 0 Å². The van der Waals surface area contributed by atoms with Crippen LogP contribution in [0.3, 0.4) is 0 Å². The molecule has 0 aliphatic heterocycles. The van der Waals surface area contributed by atoms with Crippen LogP contribution in [0.5, 0.6) is 5.75 Å². The van der Waals surface area contributed by atoms with Crippen molar-refractivity contribution in [2.45, 2.75) is 46.3 Å². The maximum atomic E-state index is 10.1. The van der Waals surface area contributed by atoms with Crippen molar-refractivity contribution in [2.24, 2.45) is 5.92 Å². The van der Waals surface area contributed by atoms with Crippen molar-refractivity contribution in [3.05, 3.63) is 29.8 Å². The molecule has 0 saturated carbocycles. The third-order valence-electron chi connectivity index (χ3n) is 3.19. The minimum absolute atomic E-state index is 0.154. The molecule has 0 amide bonds. The molecule has 3 heteroatoms. The van der Waals surface area contributed by atoms with Crippen molar-refractivity contribution in [1.29, 1.82) is 0 Å². The van der Waals surface area contributed by atoms with E-state index in [1.54, 1.807) is 0 Å². The molecule has 2 atom stereocenters. The predicted molar refractivity (Wildman–Crippen MR) is 77.4 cm³/mol. The first-order chi connectivity index (χ1) is 9.04. The van der Waals surface area contributed by atoms with Gasteiger partial charge in [-0.25, -0.2) is 0 Å². The van der Waals surface area contributed by atoms with Gasteiger partial charge < -0.3 is 14.6 Å². The quantitative estimate of drug-likeness (QED) is 0.781. The van der Waals surface area contributed by atoms with Crippen LogP contribution in [-0.4, -0.2) is 24.4 Å². The Morgan fingerprint density at radius 2 is 1.74 bits per heavy atom. The van der Waals surface area contributed by atoms with Gasteiger partial charge in [0.15, 0.2) is 0 Å². The fraction of sp³-hybridized carbons (Fsp3) is 0.625. The van der Waals surface area contributed by atoms with Gasteiger partial charge in [0, 0.05) is 0 Å². The maximum Gasteiger partial charge on any atom is 0.119 e. The van der Waals surface area contributed by atoms with Crippen LogP contribution in [0.4, 0.5) is 0 Å². The highest BCUT2D eigenvalue weighted by Gasteiger charge is 2.12. The molecule has 1 rings (SSSR count). The second-order valence-electron chi connectivity index (χ2n) is 5.22. The average Bonchev–Trinajstić information content (AvgIpc) is 2.42. The van der Waals surface area contributed by atoms with E-state index < -0.39 is 6.10 Å². The van der Waals surface area contributed by atoms with E-state index in [4.69, 9.17) is 9.47 Å². The van der Waals surface area contributed by atoms with Crippen LogP contribution in [0.25, 0.3) is 0 Å². The van der Waals surface area contributed by atoms with Crippen LogP contribution in [0.15, 0.2) is 24.3 Å². The monoisotopic (exact) mass is 266 g/mol. The summed E-state index contributed by atoms with van der Waals surface area (Å²) in [5.41, 5.74) is 0.861. The molecule has 108 valence electrons. The summed E-state index contributed by atoms with van der Waals surface area (Å²) in [4.78, 5) is 0. The fourth-order valence-corrected chi connectivity index (χ4v) is 1.54. The molecule has 1 N–H and O–H groups in total. The van der Waals surface area contributed by atoms with Gasteiger partial charge in [-0.15, -0.1) is 0 Å². The van der Waals surface area contributed by atoms with E-state index in [0.717, 1.165) is 24.3 Å². The Bertz CT molecular complexity index is 346. The van der Waals surface area contributed by atoms with Gasteiger partial charge in [-0.1, -0.05) is 32.9 Å². The lowest BCUT2D eigenvalue weighted by Gasteiger charge is -2.19. The van der Waals surface area contributed by atoms with E-state index >= 15 is 0 Å². The number of hydrogen-bond acceptors (Lipinski definition) is 3. The van der Waals surface area contributed by atoms with Gasteiger partial charge in [0.05, 0.1) is 19.3 Å². The zero-order valence-corrected chi connectivity index (χ0v) is 12.4. The summed E-state index contributed by atoms with van der Waals surface area (Å²) in [5.74, 6) is 1.30. The molecule has 0 heterocycles. The number of ether oxygens (including phenoxy) is 2. The van der Waals surface area contributed by atoms with Gasteiger partial charge >= 0.3 is 0 Å². The zero-order chi connectivity index (χ0) is 14.3. The fourth-order valence-electron chi connectivity index (χ4n) is 1.54. The van der Waals surface area contributed by atoms with E-state index in [9.17, 15) is 5.11 Å². The lowest BCUT2D eigenvalue weighted by Crippen LogP contribution is -2.19. The largest absolute Gasteiger partial charge is 0.494 e. The average molecular weight is 266 g/mol. The molecule has 1 aromatic carbocycles. The Morgan fingerprint density at radius 1 is 1.11 bits per heavy atom. The van der Waals surface area contributed by atoms with Crippen molar-refractivity contribution in [3.8, 4) is 5.75 Å². The first-order valence-corrected chi connectivity index (χ1v) is 7.07. The standard InChI is InChI=1S/C16H26O3/c1-5-10-18-15-8-6-14(7-9-15)16(17)11-19-13(4)12(2)3/h6-9,12-13,16-17H,5,10-11H2,1-4H3. The number of rotatable bonds is 8. The molecule has 0 aromatic heterocycles. The molecule has 0 spiro atoms. The molecule has 19 heavy (non-hydrogen) atoms. The highest BCUT2D eigenvalue weighted by atomic mass is 16.5. The summed E-state index contributed by atoms with van der Waals surface area (Å²) in [7, 11) is 0. The molecule has 0 aliphatic rings. The third kappa shape index (κ3) is 5.62. The van der Waals surface area contributed by atoms with Crippen molar-refractivity contribution in [3.63, 3.8) is 0 Å². The van der Waals surface area contributed by atoms with Gasteiger partial charge in [-0.3, -0.25) is 0 Å². The number of benzene rings is 1. The molecule has 1 aromatic rings. The topological polar surface area (TPSA) is 38.7 Å². The normalized spacial score (nSPS) is 14.4. The molecule has 0 saturated heterocycles. The number of hydrogen-bond donors (Lipinski definition) is 1. The predicted octanol–water partition coefficient (Wildman–Crippen LogP) is 3.57. The summed E-state index contributed by atoms with van der Waals surface area (Å²) >= 11 is 0. The van der Waals surface area contributed by atoms with E-state index in [-0.39, 0.29) is 6.10 Å². The number of aliphatic hydroxyl groups excluding tert-OH is 1. The van der Waals surface area contributed by atoms with Crippen LogP contribution in [0.2, 0.25) is 0 Å². The Hall–Kier alpha value is -1.06. The Morgan fingerprint density at radius 3 is 2.26 bits per heavy atom. The highest BCUT2D eigenvalue weighted by molar-refractivity contribution is 5.28. The molecule has 0 radical (unpaired) electrons. The van der Waals surface area contributed by atoms with Crippen molar-refractivity contribution in [2.75, 3.05) is 13.2 Å². The van der Waals surface area contributed by atoms with Gasteiger partial charge in [0.1, 0.15) is 11.9 Å². The van der Waals surface area contributed by atoms with E-state index in [0.29, 0.717) is 12.5 Å². The molecule has 3 nitrogen and oxygen atoms in total. The minimum Gasteiger partial charge on any atom is -0.494 e. The van der Waals surface area contributed by atoms with Crippen LogP contribution in [0.1, 0.15) is 45.8 Å². The molecule has 2 unspecified atom stereocenters. The molecular weight excluding hydrogens is 240 g/mol. The molecular formula is C16H26O3. The van der Waals surface area contributed by atoms with Crippen LogP contribution in [0, 0.1) is 5.92 Å². The van der Waals surface area contributed by atoms with Gasteiger partial charge in [-0.05, 0) is 37.0 Å². The van der Waals surface area contributed by atoms with Crippen molar-refractivity contribution >= 4 is 0 Å². The summed E-state index contributed by atoms with van der Waals surface area (Å²) < 4.78 is 11.1. The second kappa shape index (κ2) is 8.18. The Balaban J connectivity index is 2.46. The van der Waals surface area contributed by atoms with Crippen molar-refractivity contribution in [1.82, 2.24) is 0 Å². The Labute approximate surface area is 116 Å². The van der Waals surface area contributed by atoms with E-state index in [1.807, 2.05) is 31.2 Å². The van der Waals surface area contributed by atoms with Gasteiger partial charge in [0.25, 0.3) is 0 Å². The smallest absolute Gasteiger partial charge is 0.119 e. The zero-order valence-electron chi connectivity index (χ0n) is 12.4. The first-order valence-electron chi connectivity index (χ1n) is 7.07. The van der Waals surface area contributed by atoms with Crippen molar-refractivity contribution < 1.29 is 14.6 Å². The van der Waals surface area contributed by atoms with E-state index in [1.165, 1.54) is 0 Å². The first kappa shape index (κ1) is 16.0. The summed E-state index contributed by atoms with van der Waals surface area (Å²) in [6, 6.07) is 7.55. The lowest BCUT2D eigenvalue weighted by molar-refractivity contribution is -0.0206. The lowest BCUT2D eigenvalue weighted by atomic mass is 10.1.